The molecule has 1 unspecified atom stereocenters. The average Bonchev–Trinajstić information content (AvgIpc) is 2.66. The molecular weight excluding hydrogens is 338 g/mol. The summed E-state index contributed by atoms with van der Waals surface area (Å²) in [7, 11) is 0. The lowest BCUT2D eigenvalue weighted by atomic mass is 10.1. The first-order valence-electron chi connectivity index (χ1n) is 8.06. The summed E-state index contributed by atoms with van der Waals surface area (Å²) in [6, 6.07) is 14.7. The molecule has 0 saturated carbocycles. The van der Waals surface area contributed by atoms with Crippen molar-refractivity contribution in [1.29, 1.82) is 0 Å². The van der Waals surface area contributed by atoms with Crippen molar-refractivity contribution >= 4 is 17.7 Å². The summed E-state index contributed by atoms with van der Waals surface area (Å²) >= 11 is 1.64. The number of hydrogen-bond acceptors (Lipinski definition) is 5. The van der Waals surface area contributed by atoms with Gasteiger partial charge in [-0.05, 0) is 55.1 Å². The summed E-state index contributed by atoms with van der Waals surface area (Å²) in [6.07, 6.45) is 1.25. The van der Waals surface area contributed by atoms with Gasteiger partial charge in [0.15, 0.2) is 6.61 Å². The fourth-order valence-electron chi connectivity index (χ4n) is 2.15. The van der Waals surface area contributed by atoms with Crippen LogP contribution in [-0.2, 0) is 4.79 Å². The average molecular weight is 361 g/mol. The van der Waals surface area contributed by atoms with Crippen LogP contribution in [-0.4, -0.2) is 37.0 Å². The van der Waals surface area contributed by atoms with Crippen LogP contribution in [0.25, 0.3) is 0 Å². The lowest BCUT2D eigenvalue weighted by Crippen LogP contribution is -2.32. The maximum absolute atomic E-state index is 11.8. The number of ether oxygens (including phenoxy) is 2. The van der Waals surface area contributed by atoms with Gasteiger partial charge in [-0.25, -0.2) is 0 Å². The Morgan fingerprint density at radius 1 is 1.08 bits per heavy atom. The SMILES string of the molecule is CCOc1ccc(OCC(=O)NCC(O)c2ccc(SC)cc2)cc1. The highest BCUT2D eigenvalue weighted by atomic mass is 32.2. The van der Waals surface area contributed by atoms with Crippen molar-refractivity contribution in [2.45, 2.75) is 17.9 Å². The summed E-state index contributed by atoms with van der Waals surface area (Å²) in [4.78, 5) is 13.0. The van der Waals surface area contributed by atoms with E-state index in [1.54, 1.807) is 36.0 Å². The molecular formula is C19H23NO4S. The van der Waals surface area contributed by atoms with Crippen molar-refractivity contribution in [3.63, 3.8) is 0 Å². The van der Waals surface area contributed by atoms with Crippen LogP contribution in [0, 0.1) is 0 Å². The third kappa shape index (κ3) is 6.32. The van der Waals surface area contributed by atoms with Gasteiger partial charge in [0, 0.05) is 11.4 Å². The molecule has 0 heterocycles. The lowest BCUT2D eigenvalue weighted by Gasteiger charge is -2.13. The number of carbonyl (C=O) groups is 1. The lowest BCUT2D eigenvalue weighted by molar-refractivity contribution is -0.123. The summed E-state index contributed by atoms with van der Waals surface area (Å²) in [5.41, 5.74) is 0.769. The van der Waals surface area contributed by atoms with Crippen LogP contribution in [0.15, 0.2) is 53.4 Å². The number of carbonyl (C=O) groups excluding carboxylic acids is 1. The zero-order valence-electron chi connectivity index (χ0n) is 14.4. The third-order valence-electron chi connectivity index (χ3n) is 3.50. The molecule has 5 nitrogen and oxygen atoms in total. The second-order valence-corrected chi connectivity index (χ2v) is 6.17. The number of aliphatic hydroxyl groups excluding tert-OH is 1. The molecule has 0 spiro atoms. The minimum absolute atomic E-state index is 0.105. The number of hydrogen-bond donors (Lipinski definition) is 2. The van der Waals surface area contributed by atoms with Crippen molar-refractivity contribution in [2.75, 3.05) is 26.0 Å². The summed E-state index contributed by atoms with van der Waals surface area (Å²) < 4.78 is 10.8. The summed E-state index contributed by atoms with van der Waals surface area (Å²) in [5, 5.41) is 12.8. The van der Waals surface area contributed by atoms with E-state index in [-0.39, 0.29) is 19.1 Å². The van der Waals surface area contributed by atoms with Crippen LogP contribution < -0.4 is 14.8 Å². The first-order chi connectivity index (χ1) is 12.1. The zero-order valence-corrected chi connectivity index (χ0v) is 15.2. The van der Waals surface area contributed by atoms with Crippen LogP contribution in [0.5, 0.6) is 11.5 Å². The Bertz CT molecular complexity index is 658. The van der Waals surface area contributed by atoms with Gasteiger partial charge in [-0.15, -0.1) is 11.8 Å². The van der Waals surface area contributed by atoms with Crippen molar-refractivity contribution in [3.05, 3.63) is 54.1 Å². The molecule has 2 rings (SSSR count). The molecule has 1 atom stereocenters. The Balaban J connectivity index is 1.74. The monoisotopic (exact) mass is 361 g/mol. The Morgan fingerprint density at radius 2 is 1.68 bits per heavy atom. The number of thioether (sulfide) groups is 1. The molecule has 0 radical (unpaired) electrons. The first-order valence-corrected chi connectivity index (χ1v) is 9.29. The molecule has 2 aromatic carbocycles. The fourth-order valence-corrected chi connectivity index (χ4v) is 2.56. The van der Waals surface area contributed by atoms with E-state index in [0.717, 1.165) is 16.2 Å². The van der Waals surface area contributed by atoms with E-state index in [1.807, 2.05) is 37.4 Å². The zero-order chi connectivity index (χ0) is 18.1. The van der Waals surface area contributed by atoms with Gasteiger partial charge in [0.2, 0.25) is 0 Å². The highest BCUT2D eigenvalue weighted by Gasteiger charge is 2.10. The molecule has 0 aliphatic heterocycles. The van der Waals surface area contributed by atoms with Crippen LogP contribution >= 0.6 is 11.8 Å². The second-order valence-electron chi connectivity index (χ2n) is 5.29. The van der Waals surface area contributed by atoms with Gasteiger partial charge in [0.05, 0.1) is 12.7 Å². The number of aliphatic hydroxyl groups is 1. The van der Waals surface area contributed by atoms with E-state index in [9.17, 15) is 9.90 Å². The van der Waals surface area contributed by atoms with Crippen LogP contribution in [0.3, 0.4) is 0 Å². The molecule has 2 N–H and O–H groups in total. The third-order valence-corrected chi connectivity index (χ3v) is 4.24. The van der Waals surface area contributed by atoms with Crippen LogP contribution in [0.4, 0.5) is 0 Å². The van der Waals surface area contributed by atoms with Gasteiger partial charge in [-0.2, -0.15) is 0 Å². The van der Waals surface area contributed by atoms with Gasteiger partial charge in [-0.3, -0.25) is 4.79 Å². The van der Waals surface area contributed by atoms with Crippen molar-refractivity contribution < 1.29 is 19.4 Å². The molecule has 2 aromatic rings. The standard InChI is InChI=1S/C19H23NO4S/c1-3-23-15-6-8-16(9-7-15)24-13-19(22)20-12-18(21)14-4-10-17(25-2)11-5-14/h4-11,18,21H,3,12-13H2,1-2H3,(H,20,22). The van der Waals surface area contributed by atoms with E-state index >= 15 is 0 Å². The molecule has 25 heavy (non-hydrogen) atoms. The first kappa shape index (κ1) is 19.1. The van der Waals surface area contributed by atoms with E-state index in [0.29, 0.717) is 12.4 Å². The molecule has 0 aliphatic rings. The minimum atomic E-state index is -0.745. The normalized spacial score (nSPS) is 11.6. The maximum Gasteiger partial charge on any atom is 0.258 e. The van der Waals surface area contributed by atoms with Gasteiger partial charge in [0.1, 0.15) is 11.5 Å². The van der Waals surface area contributed by atoms with Crippen LogP contribution in [0.1, 0.15) is 18.6 Å². The highest BCUT2D eigenvalue weighted by molar-refractivity contribution is 7.98. The molecule has 6 heteroatoms. The Hall–Kier alpha value is -2.18. The largest absolute Gasteiger partial charge is 0.494 e. The van der Waals surface area contributed by atoms with Crippen LogP contribution in [0.2, 0.25) is 0 Å². The molecule has 134 valence electrons. The molecule has 1 amide bonds. The van der Waals surface area contributed by atoms with E-state index in [1.165, 1.54) is 0 Å². The Kier molecular flexibility index (Phi) is 7.63. The number of benzene rings is 2. The van der Waals surface area contributed by atoms with E-state index in [4.69, 9.17) is 9.47 Å². The molecule has 0 aromatic heterocycles. The van der Waals surface area contributed by atoms with Gasteiger partial charge >= 0.3 is 0 Å². The number of amides is 1. The van der Waals surface area contributed by atoms with Crippen molar-refractivity contribution in [3.8, 4) is 11.5 Å². The second kappa shape index (κ2) is 9.96. The molecule has 0 bridgehead atoms. The topological polar surface area (TPSA) is 67.8 Å². The predicted molar refractivity (Wildman–Crippen MR) is 99.3 cm³/mol. The van der Waals surface area contributed by atoms with Crippen molar-refractivity contribution in [1.82, 2.24) is 5.32 Å². The Labute approximate surface area is 152 Å². The summed E-state index contributed by atoms with van der Waals surface area (Å²) in [5.74, 6) is 1.07. The molecule has 0 fully saturated rings. The van der Waals surface area contributed by atoms with Crippen molar-refractivity contribution in [2.24, 2.45) is 0 Å². The Morgan fingerprint density at radius 3 is 2.24 bits per heavy atom. The fraction of sp³-hybridized carbons (Fsp3) is 0.316. The molecule has 0 aliphatic carbocycles. The van der Waals surface area contributed by atoms with Gasteiger partial charge < -0.3 is 19.9 Å². The van der Waals surface area contributed by atoms with E-state index < -0.39 is 6.10 Å². The number of nitrogens with one attached hydrogen (secondary N) is 1. The highest BCUT2D eigenvalue weighted by Crippen LogP contribution is 2.19. The van der Waals surface area contributed by atoms with Gasteiger partial charge in [0.25, 0.3) is 5.91 Å². The maximum atomic E-state index is 11.8. The van der Waals surface area contributed by atoms with Gasteiger partial charge in [-0.1, -0.05) is 12.1 Å². The summed E-state index contributed by atoms with van der Waals surface area (Å²) in [6.45, 7) is 2.56. The van der Waals surface area contributed by atoms with E-state index in [2.05, 4.69) is 5.32 Å². The quantitative estimate of drug-likeness (QED) is 0.672. The molecule has 0 saturated heterocycles. The smallest absolute Gasteiger partial charge is 0.258 e. The number of rotatable bonds is 9. The minimum Gasteiger partial charge on any atom is -0.494 e. The predicted octanol–water partition coefficient (Wildman–Crippen LogP) is 3.04.